The fourth-order valence-corrected chi connectivity index (χ4v) is 5.15. The van der Waals surface area contributed by atoms with E-state index in [1.807, 2.05) is 24.3 Å². The number of aromatic amines is 1. The van der Waals surface area contributed by atoms with Crippen LogP contribution in [0.3, 0.4) is 0 Å². The van der Waals surface area contributed by atoms with Gasteiger partial charge in [0.25, 0.3) is 0 Å². The standard InChI is InChI=1S/C21H19F3N2O3Se/c1-12(27)25-18(20(28)29-2)11-16-15-5-3-4-6-17(15)26-19(16)30-14-9-7-13(8-10-14)21(22,23)24/h3-10,18,26H,11H2,1-2H3,(H,25,27)/t18-/m0/s1. The summed E-state index contributed by atoms with van der Waals surface area (Å²) >= 11 is -0.338. The summed E-state index contributed by atoms with van der Waals surface area (Å²) in [6.07, 6.45) is -4.18. The van der Waals surface area contributed by atoms with Gasteiger partial charge in [-0.1, -0.05) is 0 Å². The van der Waals surface area contributed by atoms with E-state index in [9.17, 15) is 22.8 Å². The van der Waals surface area contributed by atoms with E-state index in [1.54, 1.807) is 0 Å². The summed E-state index contributed by atoms with van der Waals surface area (Å²) in [6, 6.07) is 11.7. The topological polar surface area (TPSA) is 71.2 Å². The Morgan fingerprint density at radius 1 is 1.13 bits per heavy atom. The molecule has 0 saturated heterocycles. The minimum atomic E-state index is -4.39. The Balaban J connectivity index is 1.96. The van der Waals surface area contributed by atoms with Gasteiger partial charge in [-0.2, -0.15) is 0 Å². The monoisotopic (exact) mass is 484 g/mol. The fourth-order valence-electron chi connectivity index (χ4n) is 3.08. The first-order chi connectivity index (χ1) is 14.2. The molecule has 3 rings (SSSR count). The molecule has 0 bridgehead atoms. The summed E-state index contributed by atoms with van der Waals surface area (Å²) in [5.41, 5.74) is 0.979. The predicted molar refractivity (Wildman–Crippen MR) is 108 cm³/mol. The molecule has 0 saturated carbocycles. The Hall–Kier alpha value is -2.77. The molecule has 1 aromatic heterocycles. The van der Waals surface area contributed by atoms with Crippen LogP contribution < -0.4 is 14.4 Å². The second kappa shape index (κ2) is 8.93. The van der Waals surface area contributed by atoms with Crippen molar-refractivity contribution in [3.05, 3.63) is 59.7 Å². The van der Waals surface area contributed by atoms with Gasteiger partial charge >= 0.3 is 177 Å². The number of nitrogens with one attached hydrogen (secondary N) is 2. The van der Waals surface area contributed by atoms with Gasteiger partial charge in [0.2, 0.25) is 0 Å². The van der Waals surface area contributed by atoms with Gasteiger partial charge in [0.05, 0.1) is 0 Å². The second-order valence-electron chi connectivity index (χ2n) is 6.58. The van der Waals surface area contributed by atoms with Crippen molar-refractivity contribution in [1.29, 1.82) is 0 Å². The number of esters is 1. The maximum absolute atomic E-state index is 12.8. The number of benzene rings is 2. The van der Waals surface area contributed by atoms with E-state index in [-0.39, 0.29) is 27.3 Å². The number of halogens is 3. The van der Waals surface area contributed by atoms with Crippen molar-refractivity contribution in [2.24, 2.45) is 0 Å². The zero-order valence-corrected chi connectivity index (χ0v) is 17.9. The molecule has 5 nitrogen and oxygen atoms in total. The molecular weight excluding hydrogens is 464 g/mol. The third-order valence-electron chi connectivity index (χ3n) is 4.45. The van der Waals surface area contributed by atoms with E-state index in [0.717, 1.165) is 37.7 Å². The Labute approximate surface area is 177 Å². The van der Waals surface area contributed by atoms with Crippen molar-refractivity contribution in [2.75, 3.05) is 7.11 Å². The van der Waals surface area contributed by atoms with E-state index in [2.05, 4.69) is 10.3 Å². The van der Waals surface area contributed by atoms with Gasteiger partial charge in [-0.3, -0.25) is 0 Å². The molecule has 0 aliphatic heterocycles. The van der Waals surface area contributed by atoms with Gasteiger partial charge in [0, 0.05) is 0 Å². The molecule has 0 spiro atoms. The molecule has 9 heteroatoms. The van der Waals surface area contributed by atoms with Gasteiger partial charge < -0.3 is 0 Å². The van der Waals surface area contributed by atoms with Crippen LogP contribution in [0.1, 0.15) is 18.1 Å². The first-order valence-electron chi connectivity index (χ1n) is 8.98. The van der Waals surface area contributed by atoms with Crippen LogP contribution in [0.4, 0.5) is 13.2 Å². The second-order valence-corrected chi connectivity index (χ2v) is 8.86. The van der Waals surface area contributed by atoms with Crippen LogP contribution in [0, 0.1) is 0 Å². The molecule has 3 aromatic rings. The van der Waals surface area contributed by atoms with Gasteiger partial charge in [-0.05, 0) is 0 Å². The molecule has 1 amide bonds. The first kappa shape index (κ1) is 21.9. The average Bonchev–Trinajstić information content (AvgIpc) is 3.03. The summed E-state index contributed by atoms with van der Waals surface area (Å²) in [6.45, 7) is 1.32. The van der Waals surface area contributed by atoms with E-state index in [0.29, 0.717) is 0 Å². The summed E-state index contributed by atoms with van der Waals surface area (Å²) < 4.78 is 44.9. The van der Waals surface area contributed by atoms with E-state index < -0.39 is 23.8 Å². The molecule has 0 aliphatic carbocycles. The number of hydrogen-bond acceptors (Lipinski definition) is 3. The molecule has 0 unspecified atom stereocenters. The molecule has 0 radical (unpaired) electrons. The number of para-hydroxylation sites is 1. The number of rotatable bonds is 6. The van der Waals surface area contributed by atoms with Gasteiger partial charge in [0.15, 0.2) is 0 Å². The summed E-state index contributed by atoms with van der Waals surface area (Å²) in [5, 5.41) is 3.49. The van der Waals surface area contributed by atoms with Crippen LogP contribution >= 0.6 is 0 Å². The predicted octanol–water partition coefficient (Wildman–Crippen LogP) is 2.06. The van der Waals surface area contributed by atoms with Crippen molar-refractivity contribution >= 4 is 46.8 Å². The number of carbonyl (C=O) groups is 2. The Morgan fingerprint density at radius 3 is 2.40 bits per heavy atom. The van der Waals surface area contributed by atoms with E-state index in [4.69, 9.17) is 4.74 Å². The average molecular weight is 483 g/mol. The number of H-pyrrole nitrogens is 1. The molecule has 30 heavy (non-hydrogen) atoms. The van der Waals surface area contributed by atoms with Crippen molar-refractivity contribution in [2.45, 2.75) is 25.6 Å². The zero-order chi connectivity index (χ0) is 21.9. The van der Waals surface area contributed by atoms with Crippen molar-refractivity contribution in [1.82, 2.24) is 10.3 Å². The molecule has 0 fully saturated rings. The van der Waals surface area contributed by atoms with Crippen LogP contribution in [0.5, 0.6) is 0 Å². The molecule has 2 aromatic carbocycles. The van der Waals surface area contributed by atoms with Crippen LogP contribution in [-0.4, -0.2) is 45.0 Å². The first-order valence-corrected chi connectivity index (χ1v) is 10.7. The fraction of sp³-hybridized carbons (Fsp3) is 0.238. The van der Waals surface area contributed by atoms with Crippen molar-refractivity contribution < 1.29 is 27.5 Å². The molecule has 1 heterocycles. The van der Waals surface area contributed by atoms with Crippen LogP contribution in [-0.2, 0) is 26.9 Å². The summed E-state index contributed by atoms with van der Waals surface area (Å²) in [4.78, 5) is 27.0. The van der Waals surface area contributed by atoms with Crippen molar-refractivity contribution in [3.63, 3.8) is 0 Å². The third-order valence-corrected chi connectivity index (χ3v) is 6.67. The molecule has 1 atom stereocenters. The molecule has 2 N–H and O–H groups in total. The Kier molecular flexibility index (Phi) is 6.53. The summed E-state index contributed by atoms with van der Waals surface area (Å²) in [5.74, 6) is -0.927. The number of ether oxygens (including phenoxy) is 1. The SMILES string of the molecule is COC(=O)[C@H](Cc1c([Se]c2ccc(C(F)(F)F)cc2)[nH]c2ccccc12)NC(C)=O. The van der Waals surface area contributed by atoms with Crippen LogP contribution in [0.2, 0.25) is 0 Å². The van der Waals surface area contributed by atoms with Gasteiger partial charge in [-0.25, -0.2) is 0 Å². The van der Waals surface area contributed by atoms with Crippen molar-refractivity contribution in [3.8, 4) is 0 Å². The number of methoxy groups -OCH3 is 1. The van der Waals surface area contributed by atoms with Gasteiger partial charge in [0.1, 0.15) is 0 Å². The molecular formula is C21H19F3N2O3Se. The number of aromatic nitrogens is 1. The normalized spacial score (nSPS) is 12.6. The Morgan fingerprint density at radius 2 is 1.80 bits per heavy atom. The minimum absolute atomic E-state index is 0.202. The van der Waals surface area contributed by atoms with Crippen LogP contribution in [0.15, 0.2) is 48.5 Å². The number of fused-ring (bicyclic) bond motifs is 1. The number of alkyl halides is 3. The number of hydrogen-bond donors (Lipinski definition) is 2. The quantitative estimate of drug-likeness (QED) is 0.417. The Bertz CT molecular complexity index is 1060. The van der Waals surface area contributed by atoms with E-state index in [1.165, 1.54) is 26.2 Å². The van der Waals surface area contributed by atoms with E-state index >= 15 is 0 Å². The zero-order valence-electron chi connectivity index (χ0n) is 16.2. The summed E-state index contributed by atoms with van der Waals surface area (Å²) in [7, 11) is 1.25. The molecule has 158 valence electrons. The molecule has 0 aliphatic rings. The number of carbonyl (C=O) groups excluding carboxylic acids is 2. The number of amides is 1. The van der Waals surface area contributed by atoms with Crippen LogP contribution in [0.25, 0.3) is 10.9 Å². The maximum atomic E-state index is 12.8. The van der Waals surface area contributed by atoms with Gasteiger partial charge in [-0.15, -0.1) is 0 Å². The third kappa shape index (κ3) is 5.04.